The maximum Gasteiger partial charge on any atom is 0.321 e. The molecule has 1 atom stereocenters. The van der Waals surface area contributed by atoms with Crippen molar-refractivity contribution in [1.29, 1.82) is 5.26 Å². The van der Waals surface area contributed by atoms with Gasteiger partial charge in [-0.25, -0.2) is 4.79 Å². The van der Waals surface area contributed by atoms with Crippen LogP contribution in [0.5, 0.6) is 0 Å². The molecule has 122 valence electrons. The van der Waals surface area contributed by atoms with Crippen LogP contribution in [0.2, 0.25) is 0 Å². The fraction of sp³-hybridized carbons (Fsp3) is 0.412. The lowest BCUT2D eigenvalue weighted by atomic mass is 10.2. The van der Waals surface area contributed by atoms with Gasteiger partial charge in [-0.1, -0.05) is 6.07 Å². The van der Waals surface area contributed by atoms with Gasteiger partial charge in [0.15, 0.2) is 0 Å². The van der Waals surface area contributed by atoms with Gasteiger partial charge in [-0.2, -0.15) is 5.26 Å². The molecule has 1 aromatic carbocycles. The zero-order chi connectivity index (χ0) is 16.8. The Balaban J connectivity index is 2.14. The minimum absolute atomic E-state index is 0.130. The van der Waals surface area contributed by atoms with Gasteiger partial charge in [-0.05, 0) is 30.5 Å². The molecule has 6 heteroatoms. The van der Waals surface area contributed by atoms with Crippen LogP contribution in [-0.4, -0.2) is 42.3 Å². The van der Waals surface area contributed by atoms with Crippen molar-refractivity contribution >= 4 is 22.6 Å². The van der Waals surface area contributed by atoms with E-state index in [0.717, 1.165) is 23.1 Å². The quantitative estimate of drug-likeness (QED) is 0.891. The predicted octanol–water partition coefficient (Wildman–Crippen LogP) is 3.05. The van der Waals surface area contributed by atoms with E-state index in [1.54, 1.807) is 14.2 Å². The van der Waals surface area contributed by atoms with E-state index in [0.29, 0.717) is 13.0 Å². The van der Waals surface area contributed by atoms with Crippen molar-refractivity contribution in [2.45, 2.75) is 25.9 Å². The number of fused-ring (bicyclic) bond motifs is 1. The number of carbonyl (C=O) groups is 1. The van der Waals surface area contributed by atoms with Crippen LogP contribution >= 0.6 is 0 Å². The highest BCUT2D eigenvalue weighted by atomic mass is 16.5. The molecule has 0 saturated heterocycles. The monoisotopic (exact) mass is 314 g/mol. The van der Waals surface area contributed by atoms with Crippen molar-refractivity contribution in [3.05, 3.63) is 30.5 Å². The van der Waals surface area contributed by atoms with Crippen LogP contribution in [0, 0.1) is 11.3 Å². The Morgan fingerprint density at radius 1 is 1.48 bits per heavy atom. The lowest BCUT2D eigenvalue weighted by Gasteiger charge is -2.23. The molecule has 0 fully saturated rings. The van der Waals surface area contributed by atoms with Crippen molar-refractivity contribution in [2.75, 3.05) is 26.1 Å². The van der Waals surface area contributed by atoms with Crippen LogP contribution in [0.1, 0.15) is 13.3 Å². The Morgan fingerprint density at radius 3 is 2.96 bits per heavy atom. The molecule has 0 aliphatic carbocycles. The Morgan fingerprint density at radius 2 is 2.26 bits per heavy atom. The molecule has 6 nitrogen and oxygen atoms in total. The van der Waals surface area contributed by atoms with Gasteiger partial charge >= 0.3 is 6.03 Å². The third-order valence-corrected chi connectivity index (χ3v) is 3.93. The molecule has 0 aliphatic rings. The molecule has 0 bridgehead atoms. The van der Waals surface area contributed by atoms with Crippen LogP contribution in [0.15, 0.2) is 30.5 Å². The third kappa shape index (κ3) is 4.02. The molecule has 1 heterocycles. The summed E-state index contributed by atoms with van der Waals surface area (Å²) >= 11 is 0. The number of aromatic nitrogens is 1. The average Bonchev–Trinajstić information content (AvgIpc) is 2.94. The van der Waals surface area contributed by atoms with Gasteiger partial charge in [-0.3, -0.25) is 0 Å². The van der Waals surface area contributed by atoms with Gasteiger partial charge in [0.05, 0.1) is 24.6 Å². The highest BCUT2D eigenvalue weighted by Crippen LogP contribution is 2.21. The van der Waals surface area contributed by atoms with E-state index >= 15 is 0 Å². The van der Waals surface area contributed by atoms with E-state index in [4.69, 9.17) is 10.00 Å². The Labute approximate surface area is 136 Å². The largest absolute Gasteiger partial charge is 0.383 e. The van der Waals surface area contributed by atoms with Crippen molar-refractivity contribution in [2.24, 2.45) is 0 Å². The third-order valence-electron chi connectivity index (χ3n) is 3.93. The molecular formula is C17H22N4O2. The number of ether oxygens (including phenoxy) is 1. The second-order valence-electron chi connectivity index (χ2n) is 5.53. The number of amides is 2. The number of nitrogens with zero attached hydrogens (tertiary/aromatic N) is 3. The summed E-state index contributed by atoms with van der Waals surface area (Å²) in [6.45, 7) is 3.24. The number of urea groups is 1. The summed E-state index contributed by atoms with van der Waals surface area (Å²) in [6.07, 6.45) is 2.32. The summed E-state index contributed by atoms with van der Waals surface area (Å²) in [5.41, 5.74) is 1.78. The van der Waals surface area contributed by atoms with Gasteiger partial charge in [0, 0.05) is 38.6 Å². The van der Waals surface area contributed by atoms with Crippen LogP contribution in [0.4, 0.5) is 10.5 Å². The molecule has 2 amide bonds. The Kier molecular flexibility index (Phi) is 5.61. The molecule has 2 rings (SSSR count). The molecule has 2 aromatic rings. The first-order valence-electron chi connectivity index (χ1n) is 7.55. The molecule has 1 unspecified atom stereocenters. The van der Waals surface area contributed by atoms with Crippen LogP contribution in [0.3, 0.4) is 0 Å². The molecule has 0 radical (unpaired) electrons. The van der Waals surface area contributed by atoms with Gasteiger partial charge in [0.1, 0.15) is 0 Å². The number of hydrogen-bond donors (Lipinski definition) is 1. The predicted molar refractivity (Wildman–Crippen MR) is 90.3 cm³/mol. The van der Waals surface area contributed by atoms with Crippen LogP contribution in [-0.2, 0) is 11.3 Å². The van der Waals surface area contributed by atoms with E-state index < -0.39 is 0 Å². The smallest absolute Gasteiger partial charge is 0.321 e. The number of nitriles is 1. The summed E-state index contributed by atoms with van der Waals surface area (Å²) < 4.78 is 7.21. The number of methoxy groups -OCH3 is 1. The second kappa shape index (κ2) is 7.65. The van der Waals surface area contributed by atoms with Gasteiger partial charge in [-0.15, -0.1) is 0 Å². The molecule has 1 N–H and O–H groups in total. The summed E-state index contributed by atoms with van der Waals surface area (Å²) in [4.78, 5) is 13.8. The fourth-order valence-corrected chi connectivity index (χ4v) is 2.33. The fourth-order valence-electron chi connectivity index (χ4n) is 2.33. The van der Waals surface area contributed by atoms with E-state index in [1.165, 1.54) is 4.90 Å². The summed E-state index contributed by atoms with van der Waals surface area (Å²) in [5.74, 6) is 0. The highest BCUT2D eigenvalue weighted by molar-refractivity contribution is 5.92. The molecule has 0 saturated carbocycles. The molecule has 0 spiro atoms. The minimum atomic E-state index is -0.220. The lowest BCUT2D eigenvalue weighted by Crippen LogP contribution is -2.38. The second-order valence-corrected chi connectivity index (χ2v) is 5.53. The first-order chi connectivity index (χ1) is 11.1. The number of anilines is 1. The van der Waals surface area contributed by atoms with Crippen molar-refractivity contribution in [3.8, 4) is 6.07 Å². The molecular weight excluding hydrogens is 292 g/mol. The van der Waals surface area contributed by atoms with Crippen LogP contribution < -0.4 is 5.32 Å². The van der Waals surface area contributed by atoms with E-state index in [9.17, 15) is 4.79 Å². The maximum absolute atomic E-state index is 12.2. The first-order valence-corrected chi connectivity index (χ1v) is 7.55. The molecule has 0 aliphatic heterocycles. The van der Waals surface area contributed by atoms with Crippen molar-refractivity contribution in [3.63, 3.8) is 0 Å². The normalized spacial score (nSPS) is 11.9. The molecule has 23 heavy (non-hydrogen) atoms. The number of hydrogen-bond acceptors (Lipinski definition) is 3. The molecule has 1 aromatic heterocycles. The van der Waals surface area contributed by atoms with Gasteiger partial charge < -0.3 is 19.5 Å². The summed E-state index contributed by atoms with van der Waals surface area (Å²) in [5, 5.41) is 12.7. The average molecular weight is 314 g/mol. The van der Waals surface area contributed by atoms with Gasteiger partial charge in [0.2, 0.25) is 0 Å². The number of carbonyl (C=O) groups excluding carboxylic acids is 1. The zero-order valence-electron chi connectivity index (χ0n) is 13.7. The summed E-state index contributed by atoms with van der Waals surface area (Å²) in [7, 11) is 3.37. The van der Waals surface area contributed by atoms with Gasteiger partial charge in [0.25, 0.3) is 0 Å². The lowest BCUT2D eigenvalue weighted by molar-refractivity contribution is 0.188. The first kappa shape index (κ1) is 16.8. The van der Waals surface area contributed by atoms with Crippen molar-refractivity contribution < 1.29 is 9.53 Å². The Bertz CT molecular complexity index is 717. The maximum atomic E-state index is 12.2. The highest BCUT2D eigenvalue weighted by Gasteiger charge is 2.15. The number of benzene rings is 1. The zero-order valence-corrected chi connectivity index (χ0v) is 13.7. The number of nitrogens with one attached hydrogen (secondary N) is 1. The van der Waals surface area contributed by atoms with Crippen molar-refractivity contribution in [1.82, 2.24) is 9.47 Å². The number of rotatable bonds is 6. The summed E-state index contributed by atoms with van der Waals surface area (Å²) in [6, 6.07) is 9.57. The van der Waals surface area contributed by atoms with E-state index in [2.05, 4.69) is 16.0 Å². The SMILES string of the molecule is COCCn1ccc2ccc(NC(=O)N(C)C(C)CC#N)cc21. The van der Waals surface area contributed by atoms with Crippen LogP contribution in [0.25, 0.3) is 10.9 Å². The standard InChI is InChI=1S/C17H22N4O2/c1-13(6-8-18)20(2)17(22)19-15-5-4-14-7-9-21(10-11-23-3)16(14)12-15/h4-5,7,9,12-13H,6,10-11H2,1-3H3,(H,19,22). The topological polar surface area (TPSA) is 70.3 Å². The minimum Gasteiger partial charge on any atom is -0.383 e. The van der Waals surface area contributed by atoms with E-state index in [1.807, 2.05) is 37.4 Å². The van der Waals surface area contributed by atoms with E-state index in [-0.39, 0.29) is 12.1 Å². The Hall–Kier alpha value is -2.52.